The number of nitrogen functional groups attached to an aromatic ring is 1. The number of ketones is 1. The fourth-order valence-corrected chi connectivity index (χ4v) is 3.25. The fourth-order valence-electron chi connectivity index (χ4n) is 3.25. The number of carbonyl (C=O) groups is 1. The maximum atomic E-state index is 14.0. The van der Waals surface area contributed by atoms with Gasteiger partial charge in [0.15, 0.2) is 5.78 Å². The lowest BCUT2D eigenvalue weighted by Gasteiger charge is -2.26. The lowest BCUT2D eigenvalue weighted by Crippen LogP contribution is -2.21. The molecule has 3 aromatic rings. The zero-order chi connectivity index (χ0) is 21.0. The second-order valence-electron chi connectivity index (χ2n) is 6.26. The minimum Gasteiger partial charge on any atom is -0.450 e. The van der Waals surface area contributed by atoms with Crippen LogP contribution in [0.25, 0.3) is 0 Å². The Bertz CT molecular complexity index is 1170. The zero-order valence-corrected chi connectivity index (χ0v) is 14.3. The lowest BCUT2D eigenvalue weighted by molar-refractivity contribution is 0.101. The maximum absolute atomic E-state index is 14.0. The normalized spacial score (nSPS) is 15.1. The quantitative estimate of drug-likeness (QED) is 0.286. The maximum Gasteiger partial charge on any atom is 0.207 e. The predicted octanol–water partition coefficient (Wildman–Crippen LogP) is 4.38. The van der Waals surface area contributed by atoms with Gasteiger partial charge in [-0.15, -0.1) is 0 Å². The van der Waals surface area contributed by atoms with E-state index in [2.05, 4.69) is 0 Å². The topological polar surface area (TPSA) is 72.6 Å². The average molecular weight is 407 g/mol. The first-order valence-corrected chi connectivity index (χ1v) is 8.17. The van der Waals surface area contributed by atoms with E-state index in [1.54, 1.807) is 6.07 Å². The molecule has 0 aliphatic heterocycles. The highest BCUT2D eigenvalue weighted by Gasteiger charge is 2.35. The Morgan fingerprint density at radius 2 is 1.45 bits per heavy atom. The van der Waals surface area contributed by atoms with E-state index in [0.29, 0.717) is 0 Å². The molecule has 0 saturated carbocycles. The van der Waals surface area contributed by atoms with Crippen LogP contribution in [0.5, 0.6) is 11.5 Å². The molecule has 0 saturated heterocycles. The molecular weight excluding hydrogens is 397 g/mol. The molecule has 3 N–H and O–H groups in total. The Hall–Kier alpha value is -3.46. The van der Waals surface area contributed by atoms with Gasteiger partial charge < -0.3 is 15.6 Å². The molecule has 0 heterocycles. The SMILES string of the molecule is Nc1ccc(Oc2c(F)c(F)c(F)c(F)c2F)c2c1C(O)c1ccccc1C2=O. The number of fused-ring (bicyclic) bond motifs is 2. The van der Waals surface area contributed by atoms with E-state index in [-0.39, 0.29) is 27.9 Å². The van der Waals surface area contributed by atoms with Crippen LogP contribution in [0, 0.1) is 29.1 Å². The second kappa shape index (κ2) is 6.56. The summed E-state index contributed by atoms with van der Waals surface area (Å²) >= 11 is 0. The van der Waals surface area contributed by atoms with Crippen molar-refractivity contribution in [2.75, 3.05) is 5.73 Å². The number of nitrogens with two attached hydrogens (primary N) is 1. The monoisotopic (exact) mass is 407 g/mol. The highest BCUT2D eigenvalue weighted by atomic mass is 19.2. The number of aliphatic hydroxyl groups is 1. The summed E-state index contributed by atoms with van der Waals surface area (Å²) in [4.78, 5) is 12.9. The molecule has 0 amide bonds. The molecule has 3 aromatic carbocycles. The van der Waals surface area contributed by atoms with Gasteiger partial charge in [0.25, 0.3) is 0 Å². The van der Waals surface area contributed by atoms with Crippen LogP contribution in [0.1, 0.15) is 33.2 Å². The van der Waals surface area contributed by atoms with Gasteiger partial charge in [-0.2, -0.15) is 8.78 Å². The van der Waals surface area contributed by atoms with E-state index in [1.807, 2.05) is 0 Å². The summed E-state index contributed by atoms with van der Waals surface area (Å²) in [6.07, 6.45) is -1.36. The van der Waals surface area contributed by atoms with E-state index >= 15 is 0 Å². The van der Waals surface area contributed by atoms with Gasteiger partial charge in [-0.05, 0) is 17.7 Å². The van der Waals surface area contributed by atoms with Crippen molar-refractivity contribution >= 4 is 11.5 Å². The van der Waals surface area contributed by atoms with Crippen LogP contribution in [0.4, 0.5) is 27.6 Å². The molecule has 4 nitrogen and oxygen atoms in total. The summed E-state index contributed by atoms with van der Waals surface area (Å²) in [5.41, 5.74) is 5.76. The molecule has 0 radical (unpaired) electrons. The van der Waals surface area contributed by atoms with Gasteiger partial charge in [-0.1, -0.05) is 24.3 Å². The summed E-state index contributed by atoms with van der Waals surface area (Å²) in [7, 11) is 0. The molecule has 1 unspecified atom stereocenters. The third kappa shape index (κ3) is 2.65. The van der Waals surface area contributed by atoms with Crippen molar-refractivity contribution in [3.63, 3.8) is 0 Å². The van der Waals surface area contributed by atoms with Crippen LogP contribution in [0.15, 0.2) is 36.4 Å². The van der Waals surface area contributed by atoms with Crippen molar-refractivity contribution in [1.29, 1.82) is 0 Å². The summed E-state index contributed by atoms with van der Waals surface area (Å²) in [6.45, 7) is 0. The number of anilines is 1. The van der Waals surface area contributed by atoms with Gasteiger partial charge in [-0.3, -0.25) is 4.79 Å². The number of benzene rings is 3. The molecular formula is C20H10F5NO3. The van der Waals surface area contributed by atoms with Crippen LogP contribution in [0.2, 0.25) is 0 Å². The molecule has 0 fully saturated rings. The smallest absolute Gasteiger partial charge is 0.207 e. The van der Waals surface area contributed by atoms with Gasteiger partial charge in [-0.25, -0.2) is 13.2 Å². The van der Waals surface area contributed by atoms with E-state index in [4.69, 9.17) is 10.5 Å². The Morgan fingerprint density at radius 3 is 2.10 bits per heavy atom. The van der Waals surface area contributed by atoms with E-state index in [9.17, 15) is 31.9 Å². The summed E-state index contributed by atoms with van der Waals surface area (Å²) in [6, 6.07) is 8.26. The van der Waals surface area contributed by atoms with Gasteiger partial charge in [0.1, 0.15) is 11.9 Å². The molecule has 0 aromatic heterocycles. The number of rotatable bonds is 2. The number of halogens is 5. The average Bonchev–Trinajstić information content (AvgIpc) is 2.73. The first kappa shape index (κ1) is 18.9. The van der Waals surface area contributed by atoms with Gasteiger partial charge in [0.2, 0.25) is 34.8 Å². The fraction of sp³-hybridized carbons (Fsp3) is 0.0500. The van der Waals surface area contributed by atoms with Crippen LogP contribution in [0.3, 0.4) is 0 Å². The predicted molar refractivity (Wildman–Crippen MR) is 91.1 cm³/mol. The molecule has 0 bridgehead atoms. The van der Waals surface area contributed by atoms with Crippen LogP contribution < -0.4 is 10.5 Å². The molecule has 148 valence electrons. The van der Waals surface area contributed by atoms with E-state index in [1.165, 1.54) is 24.3 Å². The van der Waals surface area contributed by atoms with Crippen molar-refractivity contribution in [3.05, 3.63) is 87.7 Å². The minimum absolute atomic E-state index is 0.0138. The van der Waals surface area contributed by atoms with E-state index < -0.39 is 52.5 Å². The second-order valence-corrected chi connectivity index (χ2v) is 6.26. The molecule has 4 rings (SSSR count). The largest absolute Gasteiger partial charge is 0.450 e. The third-order valence-electron chi connectivity index (χ3n) is 4.62. The van der Waals surface area contributed by atoms with Crippen LogP contribution in [-0.4, -0.2) is 10.9 Å². The summed E-state index contributed by atoms with van der Waals surface area (Å²) < 4.78 is 73.2. The molecule has 29 heavy (non-hydrogen) atoms. The Morgan fingerprint density at radius 1 is 0.862 bits per heavy atom. The molecule has 0 spiro atoms. The van der Waals surface area contributed by atoms with Crippen molar-refractivity contribution in [2.24, 2.45) is 0 Å². The Labute approximate surface area is 160 Å². The first-order chi connectivity index (χ1) is 13.7. The summed E-state index contributed by atoms with van der Waals surface area (Å²) in [5.74, 6) is -13.9. The number of ether oxygens (including phenoxy) is 1. The molecule has 9 heteroatoms. The van der Waals surface area contributed by atoms with E-state index in [0.717, 1.165) is 6.07 Å². The standard InChI is InChI=1S/C20H10F5NO3/c21-13-14(22)16(24)20(17(25)15(13)23)29-10-6-5-9(26)11-12(10)19(28)8-4-2-1-3-7(8)18(11)27/h1-6,18,27H,26H2. The Kier molecular flexibility index (Phi) is 4.27. The van der Waals surface area contributed by atoms with Crippen molar-refractivity contribution < 1.29 is 36.6 Å². The zero-order valence-electron chi connectivity index (χ0n) is 14.3. The van der Waals surface area contributed by atoms with Gasteiger partial charge in [0, 0.05) is 16.8 Å². The van der Waals surface area contributed by atoms with Crippen molar-refractivity contribution in [3.8, 4) is 11.5 Å². The number of hydrogen-bond acceptors (Lipinski definition) is 4. The first-order valence-electron chi connectivity index (χ1n) is 8.17. The van der Waals surface area contributed by atoms with Crippen molar-refractivity contribution in [1.82, 2.24) is 0 Å². The van der Waals surface area contributed by atoms with Crippen molar-refractivity contribution in [2.45, 2.75) is 6.10 Å². The number of carbonyl (C=O) groups excluding carboxylic acids is 1. The minimum atomic E-state index is -2.34. The molecule has 1 atom stereocenters. The number of hydrogen-bond donors (Lipinski definition) is 2. The highest BCUT2D eigenvalue weighted by Crippen LogP contribution is 2.44. The van der Waals surface area contributed by atoms with Crippen LogP contribution in [-0.2, 0) is 0 Å². The molecule has 1 aliphatic rings. The van der Waals surface area contributed by atoms with Gasteiger partial charge in [0.05, 0.1) is 5.56 Å². The van der Waals surface area contributed by atoms with Gasteiger partial charge >= 0.3 is 0 Å². The molecule has 1 aliphatic carbocycles. The summed E-state index contributed by atoms with van der Waals surface area (Å²) in [5, 5.41) is 10.6. The third-order valence-corrected chi connectivity index (χ3v) is 4.62. The lowest BCUT2D eigenvalue weighted by atomic mass is 9.82. The Balaban J connectivity index is 1.93. The van der Waals surface area contributed by atoms with Crippen LogP contribution >= 0.6 is 0 Å². The number of aliphatic hydroxyl groups excluding tert-OH is 1. The highest BCUT2D eigenvalue weighted by molar-refractivity contribution is 6.15.